The first-order valence-corrected chi connectivity index (χ1v) is 18.5. The first-order valence-electron chi connectivity index (χ1n) is 18.5. The number of aromatic nitrogens is 4. The summed E-state index contributed by atoms with van der Waals surface area (Å²) < 4.78 is 0. The lowest BCUT2D eigenvalue weighted by molar-refractivity contribution is -0.137. The van der Waals surface area contributed by atoms with Crippen LogP contribution < -0.4 is 10.6 Å². The highest BCUT2D eigenvalue weighted by Crippen LogP contribution is 2.37. The van der Waals surface area contributed by atoms with E-state index in [0.717, 1.165) is 81.7 Å². The first-order chi connectivity index (χ1) is 26.2. The number of nitrogens with one attached hydrogen (secondary N) is 4. The summed E-state index contributed by atoms with van der Waals surface area (Å²) in [4.78, 5) is 72.5. The summed E-state index contributed by atoms with van der Waals surface area (Å²) in [5.74, 6) is 0.613. The van der Waals surface area contributed by atoms with Gasteiger partial charge >= 0.3 is 0 Å². The van der Waals surface area contributed by atoms with Crippen molar-refractivity contribution in [1.29, 1.82) is 0 Å². The Morgan fingerprint density at radius 1 is 0.611 bits per heavy atom. The number of likely N-dealkylation sites (tertiary alicyclic amines) is 2. The van der Waals surface area contributed by atoms with Gasteiger partial charge in [-0.25, -0.2) is 9.97 Å². The highest BCUT2D eigenvalue weighted by atomic mass is 16.2. The third-order valence-corrected chi connectivity index (χ3v) is 10.5. The Morgan fingerprint density at radius 2 is 1.02 bits per heavy atom. The van der Waals surface area contributed by atoms with Gasteiger partial charge in [-0.05, 0) is 72.2 Å². The predicted octanol–water partition coefficient (Wildman–Crippen LogP) is 6.19. The molecule has 2 aromatic heterocycles. The number of amides is 4. The number of nitrogens with zero attached hydrogens (tertiary/aromatic N) is 4. The Bertz CT molecular complexity index is 2190. The van der Waals surface area contributed by atoms with Gasteiger partial charge < -0.3 is 30.4 Å². The van der Waals surface area contributed by atoms with Crippen molar-refractivity contribution >= 4 is 45.7 Å². The van der Waals surface area contributed by atoms with Crippen LogP contribution in [0.5, 0.6) is 0 Å². The number of aromatic amines is 2. The SMILES string of the molecule is CC(=O)N[C@@H](C(=O)N1CCC[C@H]1c1nc2ccc(-c3ccc4nc([C@@H]5CCCN5C(=O)[C@H](NC(C)=O)c5ccccc5)[nH]c4c3)cc2[nH]1)c1ccccc1. The van der Waals surface area contributed by atoms with E-state index >= 15 is 0 Å². The van der Waals surface area contributed by atoms with Gasteiger partial charge in [0.25, 0.3) is 0 Å². The number of hydrogen-bond acceptors (Lipinski definition) is 6. The normalized spacial score (nSPS) is 18.2. The molecule has 4 heterocycles. The quantitative estimate of drug-likeness (QED) is 0.140. The smallest absolute Gasteiger partial charge is 0.250 e. The largest absolute Gasteiger partial charge is 0.341 e. The molecule has 6 aromatic rings. The van der Waals surface area contributed by atoms with Crippen LogP contribution in [0.2, 0.25) is 0 Å². The zero-order valence-electron chi connectivity index (χ0n) is 30.2. The van der Waals surface area contributed by atoms with Gasteiger partial charge in [-0.15, -0.1) is 0 Å². The number of imidazole rings is 2. The molecule has 0 radical (unpaired) electrons. The van der Waals surface area contributed by atoms with Gasteiger partial charge in [0.2, 0.25) is 23.6 Å². The van der Waals surface area contributed by atoms with Crippen molar-refractivity contribution in [2.24, 2.45) is 0 Å². The van der Waals surface area contributed by atoms with Crippen molar-refractivity contribution in [3.05, 3.63) is 120 Å². The van der Waals surface area contributed by atoms with Gasteiger partial charge in [0.15, 0.2) is 0 Å². The van der Waals surface area contributed by atoms with E-state index in [-0.39, 0.29) is 35.7 Å². The van der Waals surface area contributed by atoms with E-state index in [9.17, 15) is 19.2 Å². The number of carbonyl (C=O) groups excluding carboxylic acids is 4. The molecular formula is C42H42N8O4. The fourth-order valence-corrected chi connectivity index (χ4v) is 7.97. The highest BCUT2D eigenvalue weighted by molar-refractivity contribution is 5.90. The molecular weight excluding hydrogens is 681 g/mol. The van der Waals surface area contributed by atoms with Crippen molar-refractivity contribution in [1.82, 2.24) is 40.4 Å². The maximum Gasteiger partial charge on any atom is 0.250 e. The zero-order chi connectivity index (χ0) is 37.3. The first kappa shape index (κ1) is 34.8. The van der Waals surface area contributed by atoms with Crippen molar-refractivity contribution in [2.75, 3.05) is 13.1 Å². The third kappa shape index (κ3) is 6.82. The molecule has 8 rings (SSSR count). The second-order valence-corrected chi connectivity index (χ2v) is 14.2. The van der Waals surface area contributed by atoms with Crippen molar-refractivity contribution in [3.8, 4) is 11.1 Å². The van der Waals surface area contributed by atoms with E-state index in [1.807, 2.05) is 94.7 Å². The van der Waals surface area contributed by atoms with Crippen LogP contribution >= 0.6 is 0 Å². The summed E-state index contributed by atoms with van der Waals surface area (Å²) in [6.45, 7) is 4.01. The molecule has 12 nitrogen and oxygen atoms in total. The second-order valence-electron chi connectivity index (χ2n) is 14.2. The van der Waals surface area contributed by atoms with Gasteiger partial charge in [-0.3, -0.25) is 19.2 Å². The van der Waals surface area contributed by atoms with Crippen LogP contribution in [0.25, 0.3) is 33.2 Å². The van der Waals surface area contributed by atoms with Gasteiger partial charge in [-0.1, -0.05) is 72.8 Å². The predicted molar refractivity (Wildman–Crippen MR) is 205 cm³/mol. The van der Waals surface area contributed by atoms with E-state index in [0.29, 0.717) is 13.1 Å². The van der Waals surface area contributed by atoms with E-state index < -0.39 is 12.1 Å². The number of H-pyrrole nitrogens is 2. The highest BCUT2D eigenvalue weighted by Gasteiger charge is 2.38. The topological polar surface area (TPSA) is 156 Å². The van der Waals surface area contributed by atoms with Gasteiger partial charge in [0.1, 0.15) is 23.7 Å². The minimum atomic E-state index is -0.773. The van der Waals surface area contributed by atoms with Crippen LogP contribution in [0.3, 0.4) is 0 Å². The standard InChI is InChI=1S/C42H42N8O4/c1-25(51)43-37(27-11-5-3-6-12-27)41(53)49-21-9-15-35(49)39-45-31-19-17-29(23-33(31)47-39)30-18-20-32-34(24-30)48-40(46-32)36-16-10-22-50(36)42(54)38(44-26(2)52)28-13-7-4-8-14-28/h3-8,11-14,17-20,23-24,35-38H,9-10,15-16,21-22H2,1-2H3,(H,43,51)(H,44,52)(H,45,47)(H,46,48)/t35-,36-,37+,38+/m0/s1. The lowest BCUT2D eigenvalue weighted by Crippen LogP contribution is -2.42. The molecule has 4 atom stereocenters. The van der Waals surface area contributed by atoms with E-state index in [2.05, 4.69) is 32.7 Å². The zero-order valence-corrected chi connectivity index (χ0v) is 30.2. The minimum Gasteiger partial charge on any atom is -0.341 e. The van der Waals surface area contributed by atoms with Crippen LogP contribution in [0, 0.1) is 0 Å². The summed E-state index contributed by atoms with van der Waals surface area (Å²) in [5.41, 5.74) is 6.80. The molecule has 2 fully saturated rings. The Morgan fingerprint density at radius 3 is 1.41 bits per heavy atom. The summed E-state index contributed by atoms with van der Waals surface area (Å²) in [7, 11) is 0. The minimum absolute atomic E-state index is 0.152. The van der Waals surface area contributed by atoms with Crippen LogP contribution in [0.15, 0.2) is 97.1 Å². The Kier molecular flexibility index (Phi) is 9.41. The van der Waals surface area contributed by atoms with Gasteiger partial charge in [0, 0.05) is 26.9 Å². The number of rotatable bonds is 9. The molecule has 2 aliphatic rings. The lowest BCUT2D eigenvalue weighted by atomic mass is 10.0. The Labute approximate surface area is 312 Å². The van der Waals surface area contributed by atoms with E-state index in [1.165, 1.54) is 13.8 Å². The van der Waals surface area contributed by atoms with Crippen LogP contribution in [0.4, 0.5) is 0 Å². The van der Waals surface area contributed by atoms with Crippen LogP contribution in [-0.2, 0) is 19.2 Å². The molecule has 0 aliphatic carbocycles. The molecule has 0 spiro atoms. The molecule has 4 amide bonds. The summed E-state index contributed by atoms with van der Waals surface area (Å²) in [6, 6.07) is 28.8. The average molecular weight is 723 g/mol. The Balaban J connectivity index is 1.03. The molecule has 12 heteroatoms. The summed E-state index contributed by atoms with van der Waals surface area (Å²) in [6.07, 6.45) is 3.20. The number of carbonyl (C=O) groups is 4. The van der Waals surface area contributed by atoms with Crippen LogP contribution in [-0.4, -0.2) is 66.5 Å². The number of hydrogen-bond donors (Lipinski definition) is 4. The number of fused-ring (bicyclic) bond motifs is 2. The molecule has 0 bridgehead atoms. The van der Waals surface area contributed by atoms with Crippen molar-refractivity contribution in [3.63, 3.8) is 0 Å². The van der Waals surface area contributed by atoms with Gasteiger partial charge in [0.05, 0.1) is 34.2 Å². The van der Waals surface area contributed by atoms with E-state index in [1.54, 1.807) is 0 Å². The summed E-state index contributed by atoms with van der Waals surface area (Å²) in [5, 5.41) is 5.70. The molecule has 274 valence electrons. The van der Waals surface area contributed by atoms with Crippen LogP contribution in [0.1, 0.15) is 86.5 Å². The maximum absolute atomic E-state index is 13.9. The Hall–Kier alpha value is -6.30. The average Bonchev–Trinajstić information content (AvgIpc) is 4.01. The lowest BCUT2D eigenvalue weighted by Gasteiger charge is -2.28. The molecule has 2 aliphatic heterocycles. The molecule has 0 saturated carbocycles. The fraction of sp³-hybridized carbons (Fsp3) is 0.286. The third-order valence-electron chi connectivity index (χ3n) is 10.5. The molecule has 4 N–H and O–H groups in total. The molecule has 2 saturated heterocycles. The molecule has 54 heavy (non-hydrogen) atoms. The van der Waals surface area contributed by atoms with E-state index in [4.69, 9.17) is 9.97 Å². The van der Waals surface area contributed by atoms with Crippen molar-refractivity contribution in [2.45, 2.75) is 63.7 Å². The van der Waals surface area contributed by atoms with Crippen molar-refractivity contribution < 1.29 is 19.2 Å². The maximum atomic E-state index is 13.9. The fourth-order valence-electron chi connectivity index (χ4n) is 7.97. The molecule has 4 aromatic carbocycles. The van der Waals surface area contributed by atoms with Gasteiger partial charge in [-0.2, -0.15) is 0 Å². The molecule has 0 unspecified atom stereocenters. The summed E-state index contributed by atoms with van der Waals surface area (Å²) >= 11 is 0. The monoisotopic (exact) mass is 722 g/mol. The second kappa shape index (κ2) is 14.6. The number of benzene rings is 4.